The topological polar surface area (TPSA) is 117 Å². The maximum atomic E-state index is 13.9. The van der Waals surface area contributed by atoms with Crippen LogP contribution < -0.4 is 5.32 Å². The first kappa shape index (κ1) is 29.5. The van der Waals surface area contributed by atoms with Crippen LogP contribution in [0, 0.1) is 0 Å². The Morgan fingerprint density at radius 2 is 1.78 bits per heavy atom. The van der Waals surface area contributed by atoms with Crippen LogP contribution in [0.4, 0.5) is 8.78 Å². The number of ether oxygens (including phenoxy) is 1. The highest BCUT2D eigenvalue weighted by Gasteiger charge is 2.54. The summed E-state index contributed by atoms with van der Waals surface area (Å²) in [6.45, 7) is 0. The molecule has 3 heterocycles. The Morgan fingerprint density at radius 1 is 1.10 bits per heavy atom. The van der Waals surface area contributed by atoms with Gasteiger partial charge in [0.2, 0.25) is 5.91 Å². The molecule has 3 aromatic rings. The van der Waals surface area contributed by atoms with Crippen LogP contribution in [0.1, 0.15) is 17.2 Å². The number of hydrogen-bond acceptors (Lipinski definition) is 10. The fraction of sp³-hybridized carbons (Fsp3) is 0.269. The van der Waals surface area contributed by atoms with Crippen molar-refractivity contribution in [2.24, 2.45) is 0 Å². The summed E-state index contributed by atoms with van der Waals surface area (Å²) in [6.07, 6.45) is 0.933. The van der Waals surface area contributed by atoms with Gasteiger partial charge in [-0.15, -0.1) is 28.6 Å². The summed E-state index contributed by atoms with van der Waals surface area (Å²) < 4.78 is 31.2. The van der Waals surface area contributed by atoms with Crippen molar-refractivity contribution in [3.63, 3.8) is 0 Å². The zero-order valence-electron chi connectivity index (χ0n) is 21.1. The van der Waals surface area contributed by atoms with Crippen LogP contribution in [-0.2, 0) is 19.1 Å². The molecule has 0 spiro atoms. The number of nitrogens with one attached hydrogen (secondary N) is 2. The first-order valence-corrected chi connectivity index (χ1v) is 16.3. The minimum absolute atomic E-state index is 0.119. The van der Waals surface area contributed by atoms with Gasteiger partial charge in [0.15, 0.2) is 6.10 Å². The molecule has 2 aliphatic rings. The summed E-state index contributed by atoms with van der Waals surface area (Å²) >= 11 is 4.38. The number of H-pyrrole nitrogens is 1. The average Bonchev–Trinajstić information content (AvgIpc) is 3.51. The normalized spacial score (nSPS) is 18.3. The SMILES string of the molecule is O=C(CSC(F)F)N[C@@H]1C(=O)N2C(C(=O)OC(c3ccccc3)c3ccccc3)=C(SCSc3c[nH]nn3)CS[C@H]12. The lowest BCUT2D eigenvalue weighted by Gasteiger charge is -2.49. The van der Waals surface area contributed by atoms with E-state index >= 15 is 0 Å². The molecule has 2 aliphatic heterocycles. The Hall–Kier alpha value is -3.01. The Morgan fingerprint density at radius 3 is 2.39 bits per heavy atom. The molecule has 5 rings (SSSR count). The van der Waals surface area contributed by atoms with E-state index in [9.17, 15) is 23.2 Å². The van der Waals surface area contributed by atoms with E-state index in [1.807, 2.05) is 60.7 Å². The average molecular weight is 636 g/mol. The molecular formula is C26H23F2N5O4S4. The highest BCUT2D eigenvalue weighted by molar-refractivity contribution is 8.18. The van der Waals surface area contributed by atoms with E-state index in [1.54, 1.807) is 6.20 Å². The molecule has 1 aromatic heterocycles. The number of carbonyl (C=O) groups excluding carboxylic acids is 3. The van der Waals surface area contributed by atoms with Crippen LogP contribution >= 0.6 is 47.0 Å². The monoisotopic (exact) mass is 635 g/mol. The Bertz CT molecular complexity index is 1360. The quantitative estimate of drug-likeness (QED) is 0.128. The second-order valence-corrected chi connectivity index (χ2v) is 13.1. The lowest BCUT2D eigenvalue weighted by molar-refractivity contribution is -0.154. The van der Waals surface area contributed by atoms with Crippen LogP contribution in [0.2, 0.25) is 0 Å². The number of nitrogens with zero attached hydrogens (tertiary/aromatic N) is 3. The zero-order chi connectivity index (χ0) is 28.8. The maximum absolute atomic E-state index is 13.9. The van der Waals surface area contributed by atoms with Crippen LogP contribution in [0.3, 0.4) is 0 Å². The molecule has 214 valence electrons. The Labute approximate surface area is 251 Å². The fourth-order valence-electron chi connectivity index (χ4n) is 4.21. The van der Waals surface area contributed by atoms with Crippen LogP contribution in [-0.4, -0.2) is 71.9 Å². The predicted octanol–water partition coefficient (Wildman–Crippen LogP) is 4.49. The maximum Gasteiger partial charge on any atom is 0.356 e. The fourth-order valence-corrected chi connectivity index (χ4v) is 8.15. The van der Waals surface area contributed by atoms with Crippen molar-refractivity contribution >= 4 is 64.8 Å². The van der Waals surface area contributed by atoms with E-state index in [0.29, 0.717) is 20.8 Å². The van der Waals surface area contributed by atoms with Gasteiger partial charge in [-0.05, 0) is 11.1 Å². The van der Waals surface area contributed by atoms with Gasteiger partial charge in [-0.2, -0.15) is 8.78 Å². The minimum atomic E-state index is -2.69. The van der Waals surface area contributed by atoms with Gasteiger partial charge in [0.1, 0.15) is 22.1 Å². The third-order valence-corrected chi connectivity index (χ3v) is 10.3. The largest absolute Gasteiger partial charge is 0.448 e. The van der Waals surface area contributed by atoms with E-state index in [0.717, 1.165) is 11.1 Å². The molecule has 41 heavy (non-hydrogen) atoms. The molecule has 0 aliphatic carbocycles. The molecule has 0 radical (unpaired) electrons. The van der Waals surface area contributed by atoms with Crippen molar-refractivity contribution in [2.75, 3.05) is 16.6 Å². The second kappa shape index (κ2) is 13.8. The summed E-state index contributed by atoms with van der Waals surface area (Å²) in [5.41, 5.74) is 1.65. The molecule has 2 atom stereocenters. The van der Waals surface area contributed by atoms with Crippen LogP contribution in [0.5, 0.6) is 0 Å². The number of fused-ring (bicyclic) bond motifs is 1. The number of rotatable bonds is 12. The molecule has 0 unspecified atom stereocenters. The van der Waals surface area contributed by atoms with E-state index in [4.69, 9.17) is 4.74 Å². The number of aromatic amines is 1. The number of esters is 1. The molecule has 2 amide bonds. The lowest BCUT2D eigenvalue weighted by atomic mass is 10.0. The molecule has 0 saturated carbocycles. The van der Waals surface area contributed by atoms with Gasteiger partial charge in [-0.1, -0.05) is 89.4 Å². The number of amides is 2. The van der Waals surface area contributed by atoms with Crippen molar-refractivity contribution in [3.05, 3.63) is 88.6 Å². The van der Waals surface area contributed by atoms with Gasteiger partial charge in [-0.3, -0.25) is 19.6 Å². The van der Waals surface area contributed by atoms with E-state index in [-0.39, 0.29) is 17.5 Å². The first-order chi connectivity index (χ1) is 19.9. The Balaban J connectivity index is 1.39. The van der Waals surface area contributed by atoms with Crippen molar-refractivity contribution in [2.45, 2.75) is 28.3 Å². The van der Waals surface area contributed by atoms with Gasteiger partial charge in [0.05, 0.1) is 17.0 Å². The highest BCUT2D eigenvalue weighted by Crippen LogP contribution is 2.45. The third kappa shape index (κ3) is 7.08. The van der Waals surface area contributed by atoms with Crippen LogP contribution in [0.15, 0.2) is 82.5 Å². The zero-order valence-corrected chi connectivity index (χ0v) is 24.4. The first-order valence-electron chi connectivity index (χ1n) is 12.2. The van der Waals surface area contributed by atoms with Crippen molar-refractivity contribution in [1.29, 1.82) is 0 Å². The Kier molecular flexibility index (Phi) is 9.90. The highest BCUT2D eigenvalue weighted by atomic mass is 32.2. The van der Waals surface area contributed by atoms with Crippen molar-refractivity contribution < 1.29 is 27.9 Å². The summed E-state index contributed by atoms with van der Waals surface area (Å²) in [7, 11) is 0. The second-order valence-electron chi connectivity index (χ2n) is 8.62. The summed E-state index contributed by atoms with van der Waals surface area (Å²) in [6, 6.07) is 17.7. The molecule has 1 saturated heterocycles. The molecule has 9 nitrogen and oxygen atoms in total. The third-order valence-electron chi connectivity index (χ3n) is 6.05. The number of alkyl halides is 2. The molecule has 15 heteroatoms. The van der Waals surface area contributed by atoms with E-state index in [1.165, 1.54) is 40.2 Å². The van der Waals surface area contributed by atoms with E-state index in [2.05, 4.69) is 20.7 Å². The lowest BCUT2D eigenvalue weighted by Crippen LogP contribution is -2.70. The molecule has 2 aromatic carbocycles. The standard InChI is InChI=1S/C26H23F2N5O4S4/c27-26(28)39-13-18(34)30-20-23(35)33-21(17(12-38-24(20)33)40-14-41-19-11-29-32-31-19)25(36)37-22(15-7-3-1-4-8-15)16-9-5-2-6-10-16/h1-11,20,22,24,26H,12-14H2,(H,30,34)(H,29,31,32)/t20-,24-/m1/s1. The predicted molar refractivity (Wildman–Crippen MR) is 156 cm³/mol. The van der Waals surface area contributed by atoms with Crippen molar-refractivity contribution in [3.8, 4) is 0 Å². The minimum Gasteiger partial charge on any atom is -0.448 e. The number of benzene rings is 2. The van der Waals surface area contributed by atoms with Gasteiger partial charge >= 0.3 is 5.97 Å². The van der Waals surface area contributed by atoms with Crippen LogP contribution in [0.25, 0.3) is 0 Å². The number of aromatic nitrogens is 3. The van der Waals surface area contributed by atoms with Crippen molar-refractivity contribution in [1.82, 2.24) is 25.6 Å². The van der Waals surface area contributed by atoms with Gasteiger partial charge < -0.3 is 10.1 Å². The summed E-state index contributed by atoms with van der Waals surface area (Å²) in [5, 5.41) is 13.4. The molecule has 1 fully saturated rings. The molecule has 0 bridgehead atoms. The number of halogens is 2. The number of β-lactam (4-membered cyclic amide) rings is 1. The summed E-state index contributed by atoms with van der Waals surface area (Å²) in [5.74, 6) is -4.61. The molecule has 2 N–H and O–H groups in total. The molecular weight excluding hydrogens is 613 g/mol. The van der Waals surface area contributed by atoms with Gasteiger partial charge in [0, 0.05) is 10.7 Å². The van der Waals surface area contributed by atoms with Gasteiger partial charge in [-0.25, -0.2) is 4.79 Å². The number of thioether (sulfide) groups is 4. The number of hydrogen-bond donors (Lipinski definition) is 2. The smallest absolute Gasteiger partial charge is 0.356 e. The summed E-state index contributed by atoms with van der Waals surface area (Å²) in [4.78, 5) is 41.4. The van der Waals surface area contributed by atoms with E-state index < -0.39 is 46.8 Å². The number of carbonyl (C=O) groups is 3. The van der Waals surface area contributed by atoms with Gasteiger partial charge in [0.25, 0.3) is 11.7 Å².